The Hall–Kier alpha value is -4.53. The number of nitrogens with zero attached hydrogens (tertiary/aromatic N) is 4. The maximum Gasteiger partial charge on any atom is 0.276 e. The van der Waals surface area contributed by atoms with E-state index in [0.29, 0.717) is 39.7 Å². The van der Waals surface area contributed by atoms with E-state index in [-0.39, 0.29) is 11.8 Å². The van der Waals surface area contributed by atoms with E-state index in [1.807, 2.05) is 44.3 Å². The number of pyridine rings is 1. The fraction of sp³-hybridized carbons (Fsp3) is 0.222. The molecule has 0 radical (unpaired) electrons. The highest BCUT2D eigenvalue weighted by Crippen LogP contribution is 2.32. The van der Waals surface area contributed by atoms with Crippen LogP contribution in [0.4, 0.5) is 11.4 Å². The number of rotatable bonds is 6. The van der Waals surface area contributed by atoms with E-state index in [1.165, 1.54) is 12.8 Å². The molecule has 180 valence electrons. The standard InChI is InChI=1S/C27H25N7O2/c1-15-13-17(29-27(36)24-18-5-3-4-6-21(18)34(2)33-24)9-10-20(15)30-26(35)19-11-12-28-25-23(19)31-22(32-25)14-16-7-8-16/h3-6,9-13,16H,7-8,14H2,1-2H3,(H,29,36)(H,30,35)(H,28,31,32). The number of para-hydroxylation sites is 1. The van der Waals surface area contributed by atoms with Gasteiger partial charge in [-0.3, -0.25) is 14.3 Å². The summed E-state index contributed by atoms with van der Waals surface area (Å²) in [6.45, 7) is 1.88. The number of aryl methyl sites for hydroxylation is 2. The van der Waals surface area contributed by atoms with Crippen molar-refractivity contribution >= 4 is 45.3 Å². The number of amides is 2. The van der Waals surface area contributed by atoms with Crippen LogP contribution in [0.5, 0.6) is 0 Å². The van der Waals surface area contributed by atoms with Gasteiger partial charge < -0.3 is 15.6 Å². The van der Waals surface area contributed by atoms with Gasteiger partial charge in [-0.1, -0.05) is 18.2 Å². The van der Waals surface area contributed by atoms with Crippen LogP contribution in [0.2, 0.25) is 0 Å². The van der Waals surface area contributed by atoms with Gasteiger partial charge in [-0.2, -0.15) is 5.10 Å². The Balaban J connectivity index is 1.20. The predicted octanol–water partition coefficient (Wildman–Crippen LogP) is 4.61. The van der Waals surface area contributed by atoms with Crippen LogP contribution in [-0.4, -0.2) is 36.5 Å². The first kappa shape index (κ1) is 22.0. The summed E-state index contributed by atoms with van der Waals surface area (Å²) in [6, 6.07) is 14.7. The van der Waals surface area contributed by atoms with Crippen LogP contribution in [-0.2, 0) is 13.5 Å². The second-order valence-electron chi connectivity index (χ2n) is 9.32. The summed E-state index contributed by atoms with van der Waals surface area (Å²) < 4.78 is 1.69. The van der Waals surface area contributed by atoms with Gasteiger partial charge in [0, 0.05) is 36.4 Å². The molecule has 3 aromatic heterocycles. The predicted molar refractivity (Wildman–Crippen MR) is 138 cm³/mol. The molecule has 9 nitrogen and oxygen atoms in total. The van der Waals surface area contributed by atoms with Crippen LogP contribution in [0.25, 0.3) is 22.1 Å². The zero-order chi connectivity index (χ0) is 24.8. The summed E-state index contributed by atoms with van der Waals surface area (Å²) in [4.78, 5) is 38.2. The molecule has 0 bridgehead atoms. The first-order valence-electron chi connectivity index (χ1n) is 11.9. The third-order valence-corrected chi connectivity index (χ3v) is 6.57. The summed E-state index contributed by atoms with van der Waals surface area (Å²) in [5.41, 5.74) is 5.04. The Kier molecular flexibility index (Phi) is 5.25. The Morgan fingerprint density at radius 1 is 1.08 bits per heavy atom. The number of carbonyl (C=O) groups excluding carboxylic acids is 2. The van der Waals surface area contributed by atoms with E-state index in [9.17, 15) is 9.59 Å². The highest BCUT2D eigenvalue weighted by molar-refractivity contribution is 6.12. The maximum atomic E-state index is 13.1. The summed E-state index contributed by atoms with van der Waals surface area (Å²) in [7, 11) is 1.81. The molecule has 2 aromatic carbocycles. The molecule has 1 saturated carbocycles. The Labute approximate surface area is 207 Å². The normalized spacial score (nSPS) is 13.3. The van der Waals surface area contributed by atoms with Crippen molar-refractivity contribution in [3.8, 4) is 0 Å². The van der Waals surface area contributed by atoms with Crippen LogP contribution in [0.1, 0.15) is 45.1 Å². The number of hydrogen-bond donors (Lipinski definition) is 3. The third-order valence-electron chi connectivity index (χ3n) is 6.57. The van der Waals surface area contributed by atoms with Crippen molar-refractivity contribution in [1.29, 1.82) is 0 Å². The second kappa shape index (κ2) is 8.60. The number of H-pyrrole nitrogens is 1. The number of aromatic amines is 1. The van der Waals surface area contributed by atoms with Crippen molar-refractivity contribution in [2.45, 2.75) is 26.2 Å². The van der Waals surface area contributed by atoms with Gasteiger partial charge in [-0.15, -0.1) is 0 Å². The van der Waals surface area contributed by atoms with Gasteiger partial charge in [0.25, 0.3) is 11.8 Å². The first-order chi connectivity index (χ1) is 17.5. The molecular formula is C27H25N7O2. The largest absolute Gasteiger partial charge is 0.340 e. The van der Waals surface area contributed by atoms with E-state index in [0.717, 1.165) is 28.7 Å². The first-order valence-corrected chi connectivity index (χ1v) is 11.9. The minimum atomic E-state index is -0.289. The molecule has 0 spiro atoms. The molecule has 3 N–H and O–H groups in total. The van der Waals surface area contributed by atoms with E-state index >= 15 is 0 Å². The van der Waals surface area contributed by atoms with Gasteiger partial charge in [0.05, 0.1) is 16.6 Å². The second-order valence-corrected chi connectivity index (χ2v) is 9.32. The fourth-order valence-corrected chi connectivity index (χ4v) is 4.48. The number of nitrogens with one attached hydrogen (secondary N) is 3. The minimum absolute atomic E-state index is 0.246. The fourth-order valence-electron chi connectivity index (χ4n) is 4.48. The van der Waals surface area contributed by atoms with Gasteiger partial charge in [-0.25, -0.2) is 9.97 Å². The van der Waals surface area contributed by atoms with Crippen LogP contribution in [0.15, 0.2) is 54.7 Å². The van der Waals surface area contributed by atoms with Crippen molar-refractivity contribution in [3.05, 3.63) is 77.4 Å². The molecule has 3 heterocycles. The van der Waals surface area contributed by atoms with Gasteiger partial charge >= 0.3 is 0 Å². The lowest BCUT2D eigenvalue weighted by Gasteiger charge is -2.11. The number of imidazole rings is 1. The molecule has 6 rings (SSSR count). The minimum Gasteiger partial charge on any atom is -0.340 e. The lowest BCUT2D eigenvalue weighted by Crippen LogP contribution is -2.15. The van der Waals surface area contributed by atoms with Crippen molar-refractivity contribution in [3.63, 3.8) is 0 Å². The topological polar surface area (TPSA) is 118 Å². The zero-order valence-corrected chi connectivity index (χ0v) is 20.0. The van der Waals surface area contributed by atoms with Gasteiger partial charge in [0.2, 0.25) is 0 Å². The molecule has 0 unspecified atom stereocenters. The average molecular weight is 480 g/mol. The number of aromatic nitrogens is 5. The number of carbonyl (C=O) groups is 2. The molecule has 0 saturated heterocycles. The molecule has 2 amide bonds. The van der Waals surface area contributed by atoms with Crippen molar-refractivity contribution in [2.24, 2.45) is 13.0 Å². The van der Waals surface area contributed by atoms with Crippen molar-refractivity contribution in [1.82, 2.24) is 24.7 Å². The number of benzene rings is 2. The zero-order valence-electron chi connectivity index (χ0n) is 20.0. The summed E-state index contributed by atoms with van der Waals surface area (Å²) in [5.74, 6) is 1.02. The van der Waals surface area contributed by atoms with Crippen molar-refractivity contribution in [2.75, 3.05) is 10.6 Å². The van der Waals surface area contributed by atoms with Crippen LogP contribution < -0.4 is 10.6 Å². The molecular weight excluding hydrogens is 454 g/mol. The SMILES string of the molecule is Cc1cc(NC(=O)c2nn(C)c3ccccc23)ccc1NC(=O)c1ccnc2nc(CC3CC3)[nH]c12. The van der Waals surface area contributed by atoms with Crippen LogP contribution in [0.3, 0.4) is 0 Å². The Bertz CT molecular complexity index is 1650. The number of anilines is 2. The summed E-state index contributed by atoms with van der Waals surface area (Å²) in [5, 5.41) is 11.1. The molecule has 9 heteroatoms. The quantitative estimate of drug-likeness (QED) is 0.329. The molecule has 0 aliphatic heterocycles. The van der Waals surface area contributed by atoms with Gasteiger partial charge in [0.1, 0.15) is 5.82 Å². The summed E-state index contributed by atoms with van der Waals surface area (Å²) >= 11 is 0. The molecule has 1 aliphatic rings. The van der Waals surface area contributed by atoms with E-state index in [2.05, 4.69) is 30.7 Å². The number of hydrogen-bond acceptors (Lipinski definition) is 5. The van der Waals surface area contributed by atoms with Crippen LogP contribution in [0, 0.1) is 12.8 Å². The Morgan fingerprint density at radius 3 is 2.72 bits per heavy atom. The summed E-state index contributed by atoms with van der Waals surface area (Å²) in [6.07, 6.45) is 4.95. The highest BCUT2D eigenvalue weighted by Gasteiger charge is 2.24. The smallest absolute Gasteiger partial charge is 0.276 e. The molecule has 1 fully saturated rings. The Morgan fingerprint density at radius 2 is 1.92 bits per heavy atom. The van der Waals surface area contributed by atoms with Gasteiger partial charge in [0.15, 0.2) is 11.3 Å². The van der Waals surface area contributed by atoms with Gasteiger partial charge in [-0.05, 0) is 61.6 Å². The third kappa shape index (κ3) is 4.08. The molecule has 0 atom stereocenters. The van der Waals surface area contributed by atoms with Crippen LogP contribution >= 0.6 is 0 Å². The molecule has 5 aromatic rings. The van der Waals surface area contributed by atoms with E-state index in [4.69, 9.17) is 0 Å². The maximum absolute atomic E-state index is 13.1. The van der Waals surface area contributed by atoms with E-state index < -0.39 is 0 Å². The lowest BCUT2D eigenvalue weighted by atomic mass is 10.1. The lowest BCUT2D eigenvalue weighted by molar-refractivity contribution is 0.101. The molecule has 1 aliphatic carbocycles. The average Bonchev–Trinajstić information content (AvgIpc) is 3.48. The highest BCUT2D eigenvalue weighted by atomic mass is 16.2. The van der Waals surface area contributed by atoms with Crippen molar-refractivity contribution < 1.29 is 9.59 Å². The molecule has 36 heavy (non-hydrogen) atoms. The monoisotopic (exact) mass is 479 g/mol. The van der Waals surface area contributed by atoms with E-state index in [1.54, 1.807) is 29.1 Å². The number of fused-ring (bicyclic) bond motifs is 2.